The molecular weight excluding hydrogens is 284 g/mol. The molecule has 0 heterocycles. The Morgan fingerprint density at radius 3 is 2.24 bits per heavy atom. The van der Waals surface area contributed by atoms with Gasteiger partial charge in [-0.05, 0) is 41.5 Å². The van der Waals surface area contributed by atoms with Gasteiger partial charge in [0.2, 0.25) is 0 Å². The largest absolute Gasteiger partial charge is 0.508 e. The third-order valence-corrected chi connectivity index (χ3v) is 3.05. The highest BCUT2D eigenvalue weighted by Crippen LogP contribution is 2.31. The molecule has 2 aromatic carbocycles. The van der Waals surface area contributed by atoms with Crippen molar-refractivity contribution in [3.63, 3.8) is 0 Å². The minimum atomic E-state index is -0.943. The first-order valence-corrected chi connectivity index (χ1v) is 5.69. The van der Waals surface area contributed by atoms with Gasteiger partial charge in [0, 0.05) is 4.47 Å². The van der Waals surface area contributed by atoms with Crippen molar-refractivity contribution in [1.29, 1.82) is 0 Å². The Bertz CT molecular complexity index is 561. The van der Waals surface area contributed by atoms with Crippen LogP contribution in [-0.2, 0) is 0 Å². The fourth-order valence-electron chi connectivity index (χ4n) is 1.53. The van der Waals surface area contributed by atoms with Crippen molar-refractivity contribution in [2.45, 2.75) is 0 Å². The van der Waals surface area contributed by atoms with E-state index < -0.39 is 5.97 Å². The maximum Gasteiger partial charge on any atom is 0.335 e. The van der Waals surface area contributed by atoms with Crippen LogP contribution < -0.4 is 0 Å². The summed E-state index contributed by atoms with van der Waals surface area (Å²) in [6, 6.07) is 11.5. The van der Waals surface area contributed by atoms with Crippen molar-refractivity contribution < 1.29 is 15.0 Å². The van der Waals surface area contributed by atoms with E-state index in [1.54, 1.807) is 42.5 Å². The number of phenols is 1. The lowest BCUT2D eigenvalue weighted by Crippen LogP contribution is -1.95. The Labute approximate surface area is 106 Å². The number of hydrogen-bond acceptors (Lipinski definition) is 2. The van der Waals surface area contributed by atoms with Crippen LogP contribution in [0.15, 0.2) is 46.9 Å². The summed E-state index contributed by atoms with van der Waals surface area (Å²) in [5, 5.41) is 18.1. The Morgan fingerprint density at radius 2 is 1.71 bits per heavy atom. The van der Waals surface area contributed by atoms with E-state index in [-0.39, 0.29) is 11.3 Å². The smallest absolute Gasteiger partial charge is 0.335 e. The zero-order valence-electron chi connectivity index (χ0n) is 8.72. The van der Waals surface area contributed by atoms with Crippen molar-refractivity contribution in [1.82, 2.24) is 0 Å². The van der Waals surface area contributed by atoms with Gasteiger partial charge in [-0.1, -0.05) is 28.1 Å². The topological polar surface area (TPSA) is 57.5 Å². The second kappa shape index (κ2) is 4.59. The maximum atomic E-state index is 10.7. The molecule has 2 rings (SSSR count). The van der Waals surface area contributed by atoms with E-state index >= 15 is 0 Å². The first-order valence-electron chi connectivity index (χ1n) is 4.90. The summed E-state index contributed by atoms with van der Waals surface area (Å²) in [5.41, 5.74) is 2.05. The van der Waals surface area contributed by atoms with Crippen LogP contribution >= 0.6 is 15.9 Å². The Hall–Kier alpha value is -1.81. The Kier molecular flexibility index (Phi) is 3.15. The van der Waals surface area contributed by atoms with Crippen LogP contribution in [0.4, 0.5) is 0 Å². The number of rotatable bonds is 2. The molecule has 17 heavy (non-hydrogen) atoms. The highest BCUT2D eigenvalue weighted by molar-refractivity contribution is 9.10. The zero-order chi connectivity index (χ0) is 12.4. The average Bonchev–Trinajstić information content (AvgIpc) is 2.29. The third-order valence-electron chi connectivity index (χ3n) is 2.40. The summed E-state index contributed by atoms with van der Waals surface area (Å²) in [6.45, 7) is 0. The molecule has 0 aliphatic carbocycles. The fourth-order valence-corrected chi connectivity index (χ4v) is 2.13. The van der Waals surface area contributed by atoms with E-state index in [0.717, 1.165) is 15.6 Å². The molecule has 0 atom stereocenters. The summed E-state index contributed by atoms with van der Waals surface area (Å²) in [6.07, 6.45) is 0. The summed E-state index contributed by atoms with van der Waals surface area (Å²) < 4.78 is 0.764. The molecule has 4 heteroatoms. The molecule has 2 aromatic rings. The lowest BCUT2D eigenvalue weighted by molar-refractivity contribution is 0.0697. The first kappa shape index (κ1) is 11.7. The van der Waals surface area contributed by atoms with Crippen LogP contribution in [0.3, 0.4) is 0 Å². The molecule has 3 nitrogen and oxygen atoms in total. The molecule has 0 aromatic heterocycles. The molecule has 2 N–H and O–H groups in total. The van der Waals surface area contributed by atoms with E-state index in [1.165, 1.54) is 0 Å². The van der Waals surface area contributed by atoms with Gasteiger partial charge in [-0.15, -0.1) is 0 Å². The highest BCUT2D eigenvalue weighted by Gasteiger charge is 2.06. The molecule has 0 saturated heterocycles. The molecule has 0 aliphatic rings. The van der Waals surface area contributed by atoms with Crippen molar-refractivity contribution in [3.05, 3.63) is 52.5 Å². The van der Waals surface area contributed by atoms with Crippen LogP contribution in [0.5, 0.6) is 5.75 Å². The van der Waals surface area contributed by atoms with Crippen molar-refractivity contribution in [2.75, 3.05) is 0 Å². The number of hydrogen-bond donors (Lipinski definition) is 2. The van der Waals surface area contributed by atoms with Gasteiger partial charge < -0.3 is 10.2 Å². The Morgan fingerprint density at radius 1 is 1.06 bits per heavy atom. The van der Waals surface area contributed by atoms with Crippen molar-refractivity contribution in [2.24, 2.45) is 0 Å². The van der Waals surface area contributed by atoms with E-state index in [4.69, 9.17) is 5.11 Å². The predicted molar refractivity (Wildman–Crippen MR) is 68.2 cm³/mol. The number of aromatic hydroxyl groups is 1. The number of carbonyl (C=O) groups is 1. The molecule has 0 radical (unpaired) electrons. The molecule has 0 spiro atoms. The monoisotopic (exact) mass is 292 g/mol. The number of aromatic carboxylic acids is 1. The van der Waals surface area contributed by atoms with Crippen LogP contribution in [0.1, 0.15) is 10.4 Å². The highest BCUT2D eigenvalue weighted by atomic mass is 79.9. The van der Waals surface area contributed by atoms with Crippen molar-refractivity contribution >= 4 is 21.9 Å². The summed E-state index contributed by atoms with van der Waals surface area (Å²) >= 11 is 3.35. The van der Waals surface area contributed by atoms with Gasteiger partial charge in [-0.3, -0.25) is 0 Å². The number of carboxylic acid groups (broad SMARTS) is 1. The SMILES string of the molecule is O=C(O)c1ccc(-c2ccc(O)cc2Br)cc1. The molecule has 0 aliphatic heterocycles. The third kappa shape index (κ3) is 2.47. The summed E-state index contributed by atoms with van der Waals surface area (Å²) in [4.78, 5) is 10.7. The van der Waals surface area contributed by atoms with E-state index in [1.807, 2.05) is 0 Å². The van der Waals surface area contributed by atoms with Gasteiger partial charge >= 0.3 is 5.97 Å². The summed E-state index contributed by atoms with van der Waals surface area (Å²) in [5.74, 6) is -0.760. The maximum absolute atomic E-state index is 10.7. The van der Waals surface area contributed by atoms with E-state index in [9.17, 15) is 9.90 Å². The van der Waals surface area contributed by atoms with Crippen LogP contribution in [0.25, 0.3) is 11.1 Å². The minimum absolute atomic E-state index is 0.183. The van der Waals surface area contributed by atoms with E-state index in [0.29, 0.717) is 0 Å². The minimum Gasteiger partial charge on any atom is -0.508 e. The Balaban J connectivity index is 2.43. The summed E-state index contributed by atoms with van der Waals surface area (Å²) in [7, 11) is 0. The van der Waals surface area contributed by atoms with Gasteiger partial charge in [0.1, 0.15) is 5.75 Å². The zero-order valence-corrected chi connectivity index (χ0v) is 10.3. The number of carboxylic acids is 1. The number of phenolic OH excluding ortho intramolecular Hbond substituents is 1. The molecule has 0 unspecified atom stereocenters. The first-order chi connectivity index (χ1) is 8.08. The van der Waals surface area contributed by atoms with Gasteiger partial charge in [0.05, 0.1) is 5.56 Å². The molecular formula is C13H9BrO3. The van der Waals surface area contributed by atoms with Crippen LogP contribution in [0.2, 0.25) is 0 Å². The molecule has 0 saturated carbocycles. The van der Waals surface area contributed by atoms with Gasteiger partial charge in [-0.2, -0.15) is 0 Å². The predicted octanol–water partition coefficient (Wildman–Crippen LogP) is 3.52. The van der Waals surface area contributed by atoms with Crippen LogP contribution in [0, 0.1) is 0 Å². The van der Waals surface area contributed by atoms with Gasteiger partial charge in [0.15, 0.2) is 0 Å². The van der Waals surface area contributed by atoms with Gasteiger partial charge in [-0.25, -0.2) is 4.79 Å². The normalized spacial score (nSPS) is 10.2. The number of benzene rings is 2. The lowest BCUT2D eigenvalue weighted by Gasteiger charge is -2.05. The standard InChI is InChI=1S/C13H9BrO3/c14-12-7-10(15)5-6-11(12)8-1-3-9(4-2-8)13(16)17/h1-7,15H,(H,16,17). The molecule has 0 amide bonds. The van der Waals surface area contributed by atoms with Gasteiger partial charge in [0.25, 0.3) is 0 Å². The van der Waals surface area contributed by atoms with Crippen molar-refractivity contribution in [3.8, 4) is 16.9 Å². The molecule has 86 valence electrons. The lowest BCUT2D eigenvalue weighted by atomic mass is 10.0. The van der Waals surface area contributed by atoms with E-state index in [2.05, 4.69) is 15.9 Å². The average molecular weight is 293 g/mol. The quantitative estimate of drug-likeness (QED) is 0.890. The fraction of sp³-hybridized carbons (Fsp3) is 0. The molecule has 0 fully saturated rings. The second-order valence-electron chi connectivity index (χ2n) is 3.55. The number of halogens is 1. The molecule has 0 bridgehead atoms. The van der Waals surface area contributed by atoms with Crippen LogP contribution in [-0.4, -0.2) is 16.2 Å². The second-order valence-corrected chi connectivity index (χ2v) is 4.40.